The number of hydrogen-bond donors (Lipinski definition) is 2. The van der Waals surface area contributed by atoms with Crippen molar-refractivity contribution < 1.29 is 153 Å². The number of esters is 5. The molecule has 26 atom stereocenters. The van der Waals surface area contributed by atoms with Crippen LogP contribution in [0.2, 0.25) is 0 Å². The fourth-order valence-corrected chi connectivity index (χ4v) is 13.5. The van der Waals surface area contributed by atoms with E-state index in [1.165, 1.54) is 20.3 Å². The Morgan fingerprint density at radius 2 is 0.915 bits per heavy atom. The van der Waals surface area contributed by atoms with E-state index in [1.807, 2.05) is 105 Å². The molecule has 0 saturated carbocycles. The van der Waals surface area contributed by atoms with Crippen molar-refractivity contribution in [3.05, 3.63) is 142 Å². The molecule has 0 aliphatic carbocycles. The SMILES string of the molecule is C.C=NC(Br)Br.CC(=O)OC1[C@@H](N=[N+]=[N-])C2OC[C@@H](O2)[C@H]1O.CC(=O)OC1[C@H](N=[N+]=[N-])C2OC[C@@H](O2)[C@H]1O[C@@H]1OC(COC=O)[C@@H](OC(=O)CCl)[C@H](C)C1OCc1ccccc1.CCC(C)I.C[C@@H]1C(OCc2ccccc2)[C@H](Br)OC(COC=O)[C@H]1OC(=O)CCl.C[C@@H]1C(OCc2ccccc2)[C@H](O)OC(COC=O)[C@H]1OC(=O)CCl.[CH2-]C.[CH2-]CC.[I][V]([I])[I].[I][V][I]. The number of nitrogens with zero attached hydrogens (tertiary/aromatic N) is 7. The van der Waals surface area contributed by atoms with E-state index in [9.17, 15) is 48.6 Å². The van der Waals surface area contributed by atoms with Gasteiger partial charge in [-0.1, -0.05) is 221 Å². The number of carbonyl (C=O) groups is 8. The number of aliphatic hydroxyl groups is 2. The van der Waals surface area contributed by atoms with Crippen LogP contribution in [-0.4, -0.2) is 258 Å². The molecule has 36 nitrogen and oxygen atoms in total. The summed E-state index contributed by atoms with van der Waals surface area (Å²) in [6, 6.07) is 26.6. The molecule has 50 heteroatoms. The van der Waals surface area contributed by atoms with Crippen LogP contribution in [0.1, 0.15) is 99.3 Å². The molecule has 4 bridgehead atoms. The van der Waals surface area contributed by atoms with Crippen molar-refractivity contribution in [2.24, 2.45) is 33.0 Å². The molecule has 7 aliphatic rings. The number of halogens is 12. The third kappa shape index (κ3) is 49.6. The molecule has 7 saturated heterocycles. The van der Waals surface area contributed by atoms with Crippen LogP contribution in [-0.2, 0) is 163 Å². The number of aliphatic imine (C=N–C) groups is 1. The molecule has 3 aromatic carbocycles. The number of hydrogen-bond acceptors (Lipinski definition) is 32. The van der Waals surface area contributed by atoms with Crippen LogP contribution in [0.4, 0.5) is 0 Å². The molecule has 7 heterocycles. The summed E-state index contributed by atoms with van der Waals surface area (Å²) < 4.78 is 106. The molecule has 0 aromatic heterocycles. The van der Waals surface area contributed by atoms with Crippen molar-refractivity contribution in [3.63, 3.8) is 0 Å². The van der Waals surface area contributed by atoms with E-state index in [0.717, 1.165) is 27.0 Å². The summed E-state index contributed by atoms with van der Waals surface area (Å²) in [6.45, 7) is 27.5. The van der Waals surface area contributed by atoms with Gasteiger partial charge in [0.1, 0.15) is 146 Å². The van der Waals surface area contributed by atoms with E-state index in [0.29, 0.717) is 22.5 Å². The fourth-order valence-electron chi connectivity index (χ4n) is 12.4. The van der Waals surface area contributed by atoms with E-state index in [1.54, 1.807) is 20.8 Å². The van der Waals surface area contributed by atoms with E-state index < -0.39 is 175 Å². The summed E-state index contributed by atoms with van der Waals surface area (Å²) in [4.78, 5) is 98.8. The Hall–Kier alpha value is -0.951. The van der Waals surface area contributed by atoms with Crippen molar-refractivity contribution in [2.45, 2.75) is 244 Å². The summed E-state index contributed by atoms with van der Waals surface area (Å²) in [5.41, 5.74) is 20.4. The zero-order valence-electron chi connectivity index (χ0n) is 70.8. The van der Waals surface area contributed by atoms with E-state index in [4.69, 9.17) is 136 Å². The van der Waals surface area contributed by atoms with Gasteiger partial charge in [0.05, 0.1) is 33.0 Å². The van der Waals surface area contributed by atoms with Gasteiger partial charge in [0.2, 0.25) is 0 Å². The summed E-state index contributed by atoms with van der Waals surface area (Å²) in [5, 5.41) is 26.8. The predicted molar refractivity (Wildman–Crippen MR) is 533 cm³/mol. The van der Waals surface area contributed by atoms with E-state index >= 15 is 0 Å². The summed E-state index contributed by atoms with van der Waals surface area (Å²) in [5.74, 6) is -5.19. The van der Waals surface area contributed by atoms with Crippen LogP contribution >= 0.6 is 205 Å². The average Bonchev–Trinajstić information content (AvgIpc) is 1.65. The number of ether oxygens (including phenoxy) is 19. The van der Waals surface area contributed by atoms with Crippen molar-refractivity contribution in [3.8, 4) is 0 Å². The molecule has 0 radical (unpaired) electrons. The topological polar surface area (TPSA) is 462 Å². The molecule has 3 aromatic rings. The normalized spacial score (nSPS) is 28.6. The van der Waals surface area contributed by atoms with Gasteiger partial charge < -0.3 is 114 Å². The monoisotopic (exact) mass is 2830 g/mol. The van der Waals surface area contributed by atoms with Crippen molar-refractivity contribution in [2.75, 3.05) is 50.7 Å². The third-order valence-electron chi connectivity index (χ3n) is 18.0. The van der Waals surface area contributed by atoms with Gasteiger partial charge >= 0.3 is 144 Å². The predicted octanol–water partition coefficient (Wildman–Crippen LogP) is 16.7. The summed E-state index contributed by atoms with van der Waals surface area (Å²) >= 11 is 40.8. The van der Waals surface area contributed by atoms with Crippen LogP contribution < -0.4 is 0 Å². The van der Waals surface area contributed by atoms with Crippen LogP contribution in [0.25, 0.3) is 20.9 Å². The first kappa shape index (κ1) is 128. The van der Waals surface area contributed by atoms with Gasteiger partial charge in [-0.25, -0.2) is 0 Å². The number of alkyl halides is 7. The molecule has 731 valence electrons. The standard InChI is InChI=1S/C25H30ClN3O11.C17H20BrClO6.C17H21ClO7.C8H11N3O5.C4H9I.C3H7.C2H3Br2N.C2H5.CH4.5HI.2V/c1-13-20(39-18(32)8-26)16(10-33-12-30)38-25(21(13)34-9-15-6-4-3-5-7-15)40-22-17-11-35-24(37-17)19(28-29-27)23(22)36-14(2)31;1-11-15(25-14(21)7-19)13(9-22-10-20)24-17(18)16(11)23-8-12-5-3-2-4-6-12;1-11-15(25-14(20)7-18)13(9-22-10-19)24-17(21)16(11)23-8-12-5-3-2-4-6-12;1-3(12)15-7-5(10-11-9)8-14-2-4(16-8)6(7)13;1-3-4(2)5;1-3-2;1-5-2(3)4;1-2;;;;;;;;/h3-7,12-13,16-17,19-25H,8-11H2,1-2H3;2-6,10-11,13,15-17H,7-9H2,1H3;2-6,10-11,13,15-17,21H,7-9H2,1H3;4-8,13H,2H2,1H3;4H,3H2,1-2H3;1,3H2,2H3;2H,1H2;1H2,2H3;1H4;5*1H;;/q;;;;;-1;;-1;;;;;;;+2;+3/p-5/t13-,16?,17+,19-,20-,21?,22+,23?,24?,25-;2*11-,13?,15-,16?,17+;4-,5-,6-,7?,8?;;;;;;;;;;;;/m0001............/s1. The van der Waals surface area contributed by atoms with Gasteiger partial charge in [0, 0.05) is 45.3 Å². The van der Waals surface area contributed by atoms with Gasteiger partial charge in [0.15, 0.2) is 29.0 Å². The Labute approximate surface area is 873 Å². The van der Waals surface area contributed by atoms with E-state index in [-0.39, 0.29) is 99.2 Å². The van der Waals surface area contributed by atoms with Crippen LogP contribution in [0.3, 0.4) is 0 Å². The quantitative estimate of drug-likeness (QED) is 0.00501. The molecular formula is C79H110Br3Cl3I6N7O29V2-2. The molecule has 7 aliphatic heterocycles. The molecule has 0 spiro atoms. The van der Waals surface area contributed by atoms with Gasteiger partial charge in [-0.15, -0.1) is 34.8 Å². The second-order valence-electron chi connectivity index (χ2n) is 26.8. The minimum atomic E-state index is -1.25. The van der Waals surface area contributed by atoms with Crippen LogP contribution in [0.5, 0.6) is 0 Å². The molecule has 7 fully saturated rings. The first-order chi connectivity index (χ1) is 61.2. The van der Waals surface area contributed by atoms with Gasteiger partial charge in [-0.2, -0.15) is 13.3 Å². The summed E-state index contributed by atoms with van der Waals surface area (Å²) in [6.07, 6.45) is -13.6. The van der Waals surface area contributed by atoms with Gasteiger partial charge in [-0.05, 0) is 40.9 Å². The minimum absolute atomic E-state index is 0. The Kier molecular flexibility index (Phi) is 75.4. The molecule has 129 heavy (non-hydrogen) atoms. The van der Waals surface area contributed by atoms with Crippen LogP contribution in [0.15, 0.2) is 106 Å². The third-order valence-corrected chi connectivity index (χ3v) is 20.8. The molecule has 0 amide bonds. The van der Waals surface area contributed by atoms with Gasteiger partial charge in [0.25, 0.3) is 19.4 Å². The number of benzene rings is 3. The Morgan fingerprint density at radius 3 is 1.27 bits per heavy atom. The van der Waals surface area contributed by atoms with Gasteiger partial charge in [-0.3, -0.25) is 43.3 Å². The Morgan fingerprint density at radius 1 is 0.589 bits per heavy atom. The average molecular weight is 2830 g/mol. The Bertz CT molecular complexity index is 3610. The van der Waals surface area contributed by atoms with Crippen molar-refractivity contribution >= 4 is 261 Å². The molecule has 2 N–H and O–H groups in total. The zero-order chi connectivity index (χ0) is 96.4. The second-order valence-corrected chi connectivity index (χ2v) is 80.8. The summed E-state index contributed by atoms with van der Waals surface area (Å²) in [7, 11) is 0.628. The Balaban J connectivity index is 0.00000162. The van der Waals surface area contributed by atoms with Crippen molar-refractivity contribution in [1.82, 2.24) is 0 Å². The molecular weight excluding hydrogens is 2720 g/mol. The maximum atomic E-state index is 12.1. The zero-order valence-corrected chi connectivity index (χ0v) is 93.5. The van der Waals surface area contributed by atoms with Crippen LogP contribution in [0, 0.1) is 31.6 Å². The number of aliphatic hydroxyl groups excluding tert-OH is 2. The second kappa shape index (κ2) is 75.9. The first-order valence-electron chi connectivity index (χ1n) is 38.8. The maximum absolute atomic E-state index is 12.1. The fraction of sp³-hybridized carbons (Fsp3) is 0.633. The number of rotatable bonds is 32. The van der Waals surface area contributed by atoms with E-state index in [2.05, 4.69) is 230 Å². The number of fused-ring (bicyclic) bond motifs is 4. The number of carbonyl (C=O) groups excluding carboxylic acids is 8. The molecule has 10 rings (SSSR count). The first-order valence-corrected chi connectivity index (χ1v) is 66.9. The number of azide groups is 2. The molecule has 11 unspecified atom stereocenters. The van der Waals surface area contributed by atoms with Crippen molar-refractivity contribution in [1.29, 1.82) is 0 Å².